The maximum Gasteiger partial charge on any atom is 0.0680 e. The maximum absolute atomic E-state index is 6.24. The van der Waals surface area contributed by atoms with Gasteiger partial charge in [0.15, 0.2) is 0 Å². The highest BCUT2D eigenvalue weighted by Gasteiger charge is 2.49. The summed E-state index contributed by atoms with van der Waals surface area (Å²) in [4.78, 5) is 2.56. The molecule has 3 fully saturated rings. The Labute approximate surface area is 143 Å². The van der Waals surface area contributed by atoms with Gasteiger partial charge in [0.1, 0.15) is 0 Å². The third-order valence-corrected chi connectivity index (χ3v) is 7.30. The maximum atomic E-state index is 6.24. The summed E-state index contributed by atoms with van der Waals surface area (Å²) in [6.45, 7) is 6.54. The lowest BCUT2D eigenvalue weighted by Crippen LogP contribution is -2.58. The van der Waals surface area contributed by atoms with E-state index in [1.807, 2.05) is 4.68 Å². The molecule has 1 aliphatic carbocycles. The molecule has 2 aliphatic heterocycles. The quantitative estimate of drug-likeness (QED) is 0.827. The molecule has 2 saturated heterocycles. The first-order valence-electron chi connectivity index (χ1n) is 9.09. The average Bonchev–Trinajstić information content (AvgIpc) is 3.18. The molecule has 4 nitrogen and oxygen atoms in total. The number of nitrogens with zero attached hydrogens (tertiary/aromatic N) is 3. The minimum Gasteiger partial charge on any atom is -0.377 e. The fourth-order valence-electron chi connectivity index (χ4n) is 4.50. The molecule has 0 bridgehead atoms. The molecule has 128 valence electrons. The van der Waals surface area contributed by atoms with Gasteiger partial charge < -0.3 is 4.74 Å². The molecule has 3 aliphatic rings. The van der Waals surface area contributed by atoms with E-state index < -0.39 is 0 Å². The number of likely N-dealkylation sites (tertiary alicyclic amines) is 1. The van der Waals surface area contributed by atoms with Crippen molar-refractivity contribution in [2.24, 2.45) is 13.0 Å². The van der Waals surface area contributed by atoms with Crippen molar-refractivity contribution in [2.45, 2.75) is 56.4 Å². The molecule has 5 heteroatoms. The molecule has 0 unspecified atom stereocenters. The predicted octanol–water partition coefficient (Wildman–Crippen LogP) is 3.00. The molecule has 1 spiro atoms. The zero-order chi connectivity index (χ0) is 15.9. The lowest BCUT2D eigenvalue weighted by Gasteiger charge is -2.47. The number of aryl methyl sites for hydroxylation is 2. The van der Waals surface area contributed by atoms with E-state index >= 15 is 0 Å². The van der Waals surface area contributed by atoms with Gasteiger partial charge in [-0.05, 0) is 38.2 Å². The highest BCUT2D eigenvalue weighted by molar-refractivity contribution is 8.01. The van der Waals surface area contributed by atoms with E-state index in [1.165, 1.54) is 56.6 Å². The van der Waals surface area contributed by atoms with Crippen LogP contribution in [0.25, 0.3) is 0 Å². The Kier molecular flexibility index (Phi) is 4.45. The number of hydrogen-bond acceptors (Lipinski definition) is 4. The van der Waals surface area contributed by atoms with Crippen molar-refractivity contribution in [3.63, 3.8) is 0 Å². The molecule has 4 rings (SSSR count). The van der Waals surface area contributed by atoms with E-state index in [-0.39, 0.29) is 0 Å². The summed E-state index contributed by atoms with van der Waals surface area (Å²) in [5.41, 5.74) is 2.45. The van der Waals surface area contributed by atoms with Gasteiger partial charge in [0, 0.05) is 43.8 Å². The second-order valence-corrected chi connectivity index (χ2v) is 9.34. The third-order valence-electron chi connectivity index (χ3n) is 5.73. The monoisotopic (exact) mass is 335 g/mol. The number of thioether (sulfide) groups is 1. The largest absolute Gasteiger partial charge is 0.377 e. The van der Waals surface area contributed by atoms with Crippen molar-refractivity contribution < 1.29 is 4.74 Å². The Bertz CT molecular complexity index is 546. The van der Waals surface area contributed by atoms with Crippen LogP contribution in [0.5, 0.6) is 0 Å². The van der Waals surface area contributed by atoms with Crippen LogP contribution in [-0.2, 0) is 18.3 Å². The van der Waals surface area contributed by atoms with Crippen molar-refractivity contribution in [3.05, 3.63) is 17.5 Å². The van der Waals surface area contributed by atoms with E-state index in [2.05, 4.69) is 41.8 Å². The van der Waals surface area contributed by atoms with E-state index in [1.54, 1.807) is 0 Å². The summed E-state index contributed by atoms with van der Waals surface area (Å²) in [5, 5.41) is 4.45. The van der Waals surface area contributed by atoms with Crippen LogP contribution in [0.1, 0.15) is 43.5 Å². The second-order valence-electron chi connectivity index (χ2n) is 7.85. The van der Waals surface area contributed by atoms with Gasteiger partial charge in [-0.2, -0.15) is 5.10 Å². The number of hydrogen-bond donors (Lipinski definition) is 0. The van der Waals surface area contributed by atoms with Crippen molar-refractivity contribution in [1.29, 1.82) is 0 Å². The molecule has 1 aromatic rings. The van der Waals surface area contributed by atoms with E-state index in [4.69, 9.17) is 4.74 Å². The van der Waals surface area contributed by atoms with Crippen LogP contribution in [0.2, 0.25) is 0 Å². The van der Waals surface area contributed by atoms with Gasteiger partial charge in [0.2, 0.25) is 0 Å². The summed E-state index contributed by atoms with van der Waals surface area (Å²) in [6.07, 6.45) is 7.37. The summed E-state index contributed by atoms with van der Waals surface area (Å²) in [5.74, 6) is 2.05. The SMILES string of the molecule is Cc1cc(CN2CC3(C[C@@H](OCC4CCCC4)CS3)C2)n(C)n1. The van der Waals surface area contributed by atoms with Crippen molar-refractivity contribution in [1.82, 2.24) is 14.7 Å². The van der Waals surface area contributed by atoms with Gasteiger partial charge in [-0.3, -0.25) is 9.58 Å². The number of ether oxygens (including phenoxy) is 1. The highest BCUT2D eigenvalue weighted by Crippen LogP contribution is 2.46. The summed E-state index contributed by atoms with van der Waals surface area (Å²) < 4.78 is 8.74. The van der Waals surface area contributed by atoms with E-state index in [0.29, 0.717) is 10.9 Å². The van der Waals surface area contributed by atoms with Crippen LogP contribution in [-0.4, -0.2) is 51.0 Å². The Morgan fingerprint density at radius 3 is 2.83 bits per heavy atom. The molecule has 0 radical (unpaired) electrons. The van der Waals surface area contributed by atoms with E-state index in [0.717, 1.165) is 24.8 Å². The number of aromatic nitrogens is 2. The first-order chi connectivity index (χ1) is 11.1. The van der Waals surface area contributed by atoms with Crippen LogP contribution in [0.15, 0.2) is 6.07 Å². The lowest BCUT2D eigenvalue weighted by molar-refractivity contribution is 0.0189. The molecule has 0 N–H and O–H groups in total. The Morgan fingerprint density at radius 1 is 1.35 bits per heavy atom. The molecule has 3 heterocycles. The van der Waals surface area contributed by atoms with Crippen LogP contribution in [0.3, 0.4) is 0 Å². The zero-order valence-electron chi connectivity index (χ0n) is 14.5. The molecule has 0 amide bonds. The zero-order valence-corrected chi connectivity index (χ0v) is 15.3. The van der Waals surface area contributed by atoms with Crippen molar-refractivity contribution in [3.8, 4) is 0 Å². The van der Waals surface area contributed by atoms with Gasteiger partial charge in [-0.1, -0.05) is 12.8 Å². The fraction of sp³-hybridized carbons (Fsp3) is 0.833. The van der Waals surface area contributed by atoms with Crippen LogP contribution in [0, 0.1) is 12.8 Å². The van der Waals surface area contributed by atoms with Gasteiger partial charge >= 0.3 is 0 Å². The molecule has 1 atom stereocenters. The smallest absolute Gasteiger partial charge is 0.0680 e. The Hall–Kier alpha value is -0.520. The van der Waals surface area contributed by atoms with Gasteiger partial charge in [-0.25, -0.2) is 0 Å². The minimum atomic E-state index is 0.480. The third kappa shape index (κ3) is 3.47. The molecule has 1 aromatic heterocycles. The van der Waals surface area contributed by atoms with Crippen molar-refractivity contribution >= 4 is 11.8 Å². The van der Waals surface area contributed by atoms with Gasteiger partial charge in [0.25, 0.3) is 0 Å². The summed E-state index contributed by atoms with van der Waals surface area (Å²) in [7, 11) is 2.05. The lowest BCUT2D eigenvalue weighted by atomic mass is 9.92. The van der Waals surface area contributed by atoms with Crippen molar-refractivity contribution in [2.75, 3.05) is 25.4 Å². The van der Waals surface area contributed by atoms with Crippen LogP contribution >= 0.6 is 11.8 Å². The average molecular weight is 336 g/mol. The molecule has 0 aromatic carbocycles. The normalized spacial score (nSPS) is 27.8. The summed E-state index contributed by atoms with van der Waals surface area (Å²) >= 11 is 2.16. The predicted molar refractivity (Wildman–Crippen MR) is 94.7 cm³/mol. The number of rotatable bonds is 5. The second kappa shape index (κ2) is 6.41. The minimum absolute atomic E-state index is 0.480. The standard InChI is InChI=1S/C18H29N3OS/c1-14-7-16(20(2)19-14)9-21-12-18(13-21)8-17(11-23-18)22-10-15-5-3-4-6-15/h7,15,17H,3-6,8-13H2,1-2H3/t17-/m1/s1. The van der Waals surface area contributed by atoms with E-state index in [9.17, 15) is 0 Å². The molecule has 1 saturated carbocycles. The molecular formula is C18H29N3OS. The van der Waals surface area contributed by atoms with Crippen LogP contribution < -0.4 is 0 Å². The Balaban J connectivity index is 1.22. The molecular weight excluding hydrogens is 306 g/mol. The molecule has 23 heavy (non-hydrogen) atoms. The highest BCUT2D eigenvalue weighted by atomic mass is 32.2. The fourth-order valence-corrected chi connectivity index (χ4v) is 6.11. The first kappa shape index (κ1) is 16.0. The van der Waals surface area contributed by atoms with Gasteiger partial charge in [-0.15, -0.1) is 11.8 Å². The summed E-state index contributed by atoms with van der Waals surface area (Å²) in [6, 6.07) is 2.21. The Morgan fingerprint density at radius 2 is 2.13 bits per heavy atom. The van der Waals surface area contributed by atoms with Gasteiger partial charge in [0.05, 0.1) is 17.5 Å². The van der Waals surface area contributed by atoms with Crippen LogP contribution in [0.4, 0.5) is 0 Å². The topological polar surface area (TPSA) is 30.3 Å². The first-order valence-corrected chi connectivity index (χ1v) is 10.1.